The molecule has 0 unspecified atom stereocenters. The number of allylic oxidation sites excluding steroid dienone is 2. The number of nitrogens with one attached hydrogen (secondary N) is 2. The quantitative estimate of drug-likeness (QED) is 0.340. The minimum Gasteiger partial charge on any atom is -0.491 e. The monoisotopic (exact) mass is 431 g/mol. The van der Waals surface area contributed by atoms with Crippen molar-refractivity contribution in [1.29, 1.82) is 0 Å². The second kappa shape index (κ2) is 8.98. The Bertz CT molecular complexity index is 1050. The van der Waals surface area contributed by atoms with Gasteiger partial charge in [0.15, 0.2) is 5.76 Å². The number of rotatable bonds is 6. The largest absolute Gasteiger partial charge is 0.491 e. The fraction of sp³-hybridized carbons (Fsp3) is 0.150. The van der Waals surface area contributed by atoms with Gasteiger partial charge in [-0.3, -0.25) is 4.79 Å². The smallest absolute Gasteiger partial charge is 0.290 e. The molecule has 0 radical (unpaired) electrons. The van der Waals surface area contributed by atoms with Crippen LogP contribution in [0.25, 0.3) is 17.0 Å². The molecule has 3 aromatic rings. The maximum Gasteiger partial charge on any atom is 0.290 e. The Morgan fingerprint density at radius 2 is 1.86 bits per heavy atom. The predicted octanol–water partition coefficient (Wildman–Crippen LogP) is 4.51. The van der Waals surface area contributed by atoms with Gasteiger partial charge in [0.25, 0.3) is 5.91 Å². The van der Waals surface area contributed by atoms with Crippen molar-refractivity contribution in [3.05, 3.63) is 64.2 Å². The number of benzene rings is 1. The van der Waals surface area contributed by atoms with Crippen molar-refractivity contribution >= 4 is 57.7 Å². The second-order valence-electron chi connectivity index (χ2n) is 6.29. The summed E-state index contributed by atoms with van der Waals surface area (Å²) >= 11 is 12.1. The minimum atomic E-state index is -0.409. The topological polar surface area (TPSA) is 83.1 Å². The standard InChI is InChI=1S/C20H19Cl2N5O2/c1-27(2)20-23-10-14(11-24-20)26-19(28)18(29-3)6-4-5-13-7-12-8-15(21)16(22)9-17(12)25-13/h4-11,25H,1-3H3,(H,26,28)/b5-4+,18-6-. The van der Waals surface area contributed by atoms with E-state index in [1.807, 2.05) is 26.2 Å². The van der Waals surface area contributed by atoms with Crippen LogP contribution in [0.4, 0.5) is 11.6 Å². The van der Waals surface area contributed by atoms with Crippen molar-refractivity contribution in [2.45, 2.75) is 0 Å². The zero-order valence-corrected chi connectivity index (χ0v) is 17.5. The molecule has 2 N–H and O–H groups in total. The molecular weight excluding hydrogens is 413 g/mol. The molecule has 0 aliphatic rings. The Kier molecular flexibility index (Phi) is 6.41. The van der Waals surface area contributed by atoms with Crippen LogP contribution in [0.2, 0.25) is 10.0 Å². The summed E-state index contributed by atoms with van der Waals surface area (Å²) in [7, 11) is 5.10. The van der Waals surface area contributed by atoms with Crippen molar-refractivity contribution < 1.29 is 9.53 Å². The summed E-state index contributed by atoms with van der Waals surface area (Å²) in [6, 6.07) is 5.49. The second-order valence-corrected chi connectivity index (χ2v) is 7.11. The molecule has 0 bridgehead atoms. The van der Waals surface area contributed by atoms with Gasteiger partial charge in [-0.05, 0) is 30.4 Å². The highest BCUT2D eigenvalue weighted by atomic mass is 35.5. The number of aromatic amines is 1. The van der Waals surface area contributed by atoms with Crippen molar-refractivity contribution in [3.8, 4) is 0 Å². The molecule has 1 aromatic carbocycles. The summed E-state index contributed by atoms with van der Waals surface area (Å²) < 4.78 is 5.18. The number of H-pyrrole nitrogens is 1. The van der Waals surface area contributed by atoms with Gasteiger partial charge in [-0.15, -0.1) is 0 Å². The SMILES string of the molecule is CO/C(=C\C=C\c1cc2cc(Cl)c(Cl)cc2[nH]1)C(=O)Nc1cnc(N(C)C)nc1. The number of amides is 1. The van der Waals surface area contributed by atoms with Crippen LogP contribution >= 0.6 is 23.2 Å². The van der Waals surface area contributed by atoms with E-state index in [9.17, 15) is 4.79 Å². The first-order valence-corrected chi connectivity index (χ1v) is 9.34. The number of halogens is 2. The van der Waals surface area contributed by atoms with E-state index in [0.29, 0.717) is 21.7 Å². The van der Waals surface area contributed by atoms with Crippen molar-refractivity contribution in [3.63, 3.8) is 0 Å². The maximum absolute atomic E-state index is 12.4. The lowest BCUT2D eigenvalue weighted by Crippen LogP contribution is -2.17. The van der Waals surface area contributed by atoms with E-state index in [2.05, 4.69) is 20.3 Å². The zero-order chi connectivity index (χ0) is 21.0. The highest BCUT2D eigenvalue weighted by Crippen LogP contribution is 2.28. The van der Waals surface area contributed by atoms with Gasteiger partial charge < -0.3 is 19.9 Å². The van der Waals surface area contributed by atoms with Gasteiger partial charge in [-0.25, -0.2) is 9.97 Å². The van der Waals surface area contributed by atoms with E-state index in [-0.39, 0.29) is 5.76 Å². The van der Waals surface area contributed by atoms with Crippen LogP contribution in [0.1, 0.15) is 5.69 Å². The molecule has 0 spiro atoms. The lowest BCUT2D eigenvalue weighted by molar-refractivity contribution is -0.115. The van der Waals surface area contributed by atoms with Crippen LogP contribution in [-0.4, -0.2) is 42.1 Å². The lowest BCUT2D eigenvalue weighted by Gasteiger charge is -2.10. The Labute approximate surface area is 178 Å². The Morgan fingerprint density at radius 3 is 2.52 bits per heavy atom. The third-order valence-electron chi connectivity index (χ3n) is 3.95. The van der Waals surface area contributed by atoms with Crippen LogP contribution in [0, 0.1) is 0 Å². The summed E-state index contributed by atoms with van der Waals surface area (Å²) in [6.07, 6.45) is 8.14. The van der Waals surface area contributed by atoms with Gasteiger partial charge in [-0.2, -0.15) is 0 Å². The number of anilines is 2. The highest BCUT2D eigenvalue weighted by molar-refractivity contribution is 6.42. The molecule has 0 aliphatic heterocycles. The molecule has 2 heterocycles. The number of fused-ring (bicyclic) bond motifs is 1. The van der Waals surface area contributed by atoms with Gasteiger partial charge in [0.05, 0.1) is 35.2 Å². The first kappa shape index (κ1) is 20.7. The average Bonchev–Trinajstić information content (AvgIpc) is 3.07. The van der Waals surface area contributed by atoms with Gasteiger partial charge in [0.1, 0.15) is 0 Å². The highest BCUT2D eigenvalue weighted by Gasteiger charge is 2.10. The van der Waals surface area contributed by atoms with Crippen LogP contribution in [0.3, 0.4) is 0 Å². The molecule has 2 aromatic heterocycles. The number of hydrogen-bond donors (Lipinski definition) is 2. The number of carbonyl (C=O) groups is 1. The Balaban J connectivity index is 1.71. The number of ether oxygens (including phenoxy) is 1. The molecule has 0 saturated carbocycles. The van der Waals surface area contributed by atoms with Gasteiger partial charge in [-0.1, -0.05) is 29.3 Å². The normalized spacial score (nSPS) is 11.8. The molecular formula is C20H19Cl2N5O2. The maximum atomic E-state index is 12.4. The fourth-order valence-electron chi connectivity index (χ4n) is 2.52. The van der Waals surface area contributed by atoms with E-state index in [1.54, 1.807) is 29.2 Å². The van der Waals surface area contributed by atoms with Crippen molar-refractivity contribution in [2.75, 3.05) is 31.4 Å². The van der Waals surface area contributed by atoms with Crippen molar-refractivity contribution in [2.24, 2.45) is 0 Å². The minimum absolute atomic E-state index is 0.139. The number of methoxy groups -OCH3 is 1. The molecule has 150 valence electrons. The molecule has 0 aliphatic carbocycles. The van der Waals surface area contributed by atoms with E-state index < -0.39 is 5.91 Å². The Morgan fingerprint density at radius 1 is 1.17 bits per heavy atom. The van der Waals surface area contributed by atoms with E-state index in [0.717, 1.165) is 16.6 Å². The predicted molar refractivity (Wildman–Crippen MR) is 117 cm³/mol. The molecule has 29 heavy (non-hydrogen) atoms. The summed E-state index contributed by atoms with van der Waals surface area (Å²) in [5, 5.41) is 4.61. The zero-order valence-electron chi connectivity index (χ0n) is 16.0. The van der Waals surface area contributed by atoms with Crippen LogP contribution in [0.5, 0.6) is 0 Å². The summed E-state index contributed by atoms with van der Waals surface area (Å²) in [5.41, 5.74) is 2.17. The number of aromatic nitrogens is 3. The van der Waals surface area contributed by atoms with E-state index in [1.165, 1.54) is 19.5 Å². The third kappa shape index (κ3) is 5.07. The van der Waals surface area contributed by atoms with E-state index >= 15 is 0 Å². The van der Waals surface area contributed by atoms with E-state index in [4.69, 9.17) is 27.9 Å². The summed E-state index contributed by atoms with van der Waals surface area (Å²) in [4.78, 5) is 25.7. The first-order chi connectivity index (χ1) is 13.9. The molecule has 7 nitrogen and oxygen atoms in total. The molecule has 0 fully saturated rings. The molecule has 1 amide bonds. The first-order valence-electron chi connectivity index (χ1n) is 8.58. The summed E-state index contributed by atoms with van der Waals surface area (Å²) in [5.74, 6) is 0.281. The Hall–Kier alpha value is -3.03. The molecule has 9 heteroatoms. The van der Waals surface area contributed by atoms with Gasteiger partial charge >= 0.3 is 0 Å². The lowest BCUT2D eigenvalue weighted by atomic mass is 10.2. The van der Waals surface area contributed by atoms with Crippen LogP contribution in [0.15, 0.2) is 48.5 Å². The van der Waals surface area contributed by atoms with Crippen LogP contribution in [-0.2, 0) is 9.53 Å². The molecule has 3 rings (SSSR count). The molecule has 0 atom stereocenters. The van der Waals surface area contributed by atoms with Gasteiger partial charge in [0.2, 0.25) is 5.95 Å². The number of carbonyl (C=O) groups excluding carboxylic acids is 1. The molecule has 0 saturated heterocycles. The van der Waals surface area contributed by atoms with Gasteiger partial charge in [0, 0.05) is 30.7 Å². The van der Waals surface area contributed by atoms with Crippen molar-refractivity contribution in [1.82, 2.24) is 15.0 Å². The summed E-state index contributed by atoms with van der Waals surface area (Å²) in [6.45, 7) is 0. The number of hydrogen-bond acceptors (Lipinski definition) is 5. The average molecular weight is 432 g/mol. The third-order valence-corrected chi connectivity index (χ3v) is 4.67. The number of nitrogens with zero attached hydrogens (tertiary/aromatic N) is 3. The van der Waals surface area contributed by atoms with Crippen LogP contribution < -0.4 is 10.2 Å². The fourth-order valence-corrected chi connectivity index (χ4v) is 2.86.